The molecule has 0 unspecified atom stereocenters. The molecule has 1 aromatic heterocycles. The maximum Gasteiger partial charge on any atom is 0.128 e. The van der Waals surface area contributed by atoms with Gasteiger partial charge in [-0.1, -0.05) is 6.07 Å². The van der Waals surface area contributed by atoms with Gasteiger partial charge in [-0.05, 0) is 23.8 Å². The molecule has 3 nitrogen and oxygen atoms in total. The molecule has 0 fully saturated rings. The van der Waals surface area contributed by atoms with E-state index in [4.69, 9.17) is 5.73 Å². The SMILES string of the molecule is NCc1ccc(F)c(Cn2cccn2)c1. The summed E-state index contributed by atoms with van der Waals surface area (Å²) >= 11 is 0. The van der Waals surface area contributed by atoms with E-state index in [-0.39, 0.29) is 5.82 Å². The van der Waals surface area contributed by atoms with E-state index in [1.165, 1.54) is 6.07 Å². The summed E-state index contributed by atoms with van der Waals surface area (Å²) in [6.45, 7) is 0.860. The summed E-state index contributed by atoms with van der Waals surface area (Å²) < 4.78 is 15.1. The van der Waals surface area contributed by atoms with E-state index >= 15 is 0 Å². The third-order valence-corrected chi connectivity index (χ3v) is 2.24. The lowest BCUT2D eigenvalue weighted by atomic mass is 10.1. The van der Waals surface area contributed by atoms with E-state index in [9.17, 15) is 4.39 Å². The van der Waals surface area contributed by atoms with Gasteiger partial charge in [-0.25, -0.2) is 4.39 Å². The first-order valence-corrected chi connectivity index (χ1v) is 4.74. The molecule has 1 heterocycles. The van der Waals surface area contributed by atoms with Crippen LogP contribution < -0.4 is 5.73 Å². The highest BCUT2D eigenvalue weighted by molar-refractivity contribution is 5.25. The van der Waals surface area contributed by atoms with Gasteiger partial charge < -0.3 is 5.73 Å². The van der Waals surface area contributed by atoms with Crippen LogP contribution in [0.5, 0.6) is 0 Å². The fourth-order valence-electron chi connectivity index (χ4n) is 1.44. The first-order valence-electron chi connectivity index (χ1n) is 4.74. The van der Waals surface area contributed by atoms with E-state index in [0.29, 0.717) is 18.7 Å². The molecule has 0 spiro atoms. The molecule has 4 heteroatoms. The highest BCUT2D eigenvalue weighted by atomic mass is 19.1. The molecule has 0 aliphatic carbocycles. The minimum atomic E-state index is -0.220. The van der Waals surface area contributed by atoms with Crippen LogP contribution in [-0.4, -0.2) is 9.78 Å². The van der Waals surface area contributed by atoms with Crippen molar-refractivity contribution in [1.82, 2.24) is 9.78 Å². The van der Waals surface area contributed by atoms with Crippen LogP contribution in [0, 0.1) is 5.82 Å². The van der Waals surface area contributed by atoms with Crippen molar-refractivity contribution in [3.63, 3.8) is 0 Å². The minimum Gasteiger partial charge on any atom is -0.326 e. The van der Waals surface area contributed by atoms with Gasteiger partial charge in [-0.2, -0.15) is 5.10 Å². The van der Waals surface area contributed by atoms with Gasteiger partial charge >= 0.3 is 0 Å². The van der Waals surface area contributed by atoms with E-state index in [0.717, 1.165) is 5.56 Å². The van der Waals surface area contributed by atoms with Gasteiger partial charge in [-0.15, -0.1) is 0 Å². The Kier molecular flexibility index (Phi) is 2.78. The van der Waals surface area contributed by atoms with Crippen LogP contribution in [0.2, 0.25) is 0 Å². The van der Waals surface area contributed by atoms with Crippen LogP contribution >= 0.6 is 0 Å². The molecular weight excluding hydrogens is 193 g/mol. The first-order chi connectivity index (χ1) is 7.29. The molecule has 2 aromatic rings. The highest BCUT2D eigenvalue weighted by Gasteiger charge is 2.03. The summed E-state index contributed by atoms with van der Waals surface area (Å²) in [5.74, 6) is -0.220. The normalized spacial score (nSPS) is 10.5. The van der Waals surface area contributed by atoms with Gasteiger partial charge in [0.15, 0.2) is 0 Å². The second-order valence-corrected chi connectivity index (χ2v) is 3.33. The lowest BCUT2D eigenvalue weighted by molar-refractivity contribution is 0.584. The van der Waals surface area contributed by atoms with Crippen molar-refractivity contribution in [3.05, 3.63) is 53.6 Å². The number of benzene rings is 1. The summed E-state index contributed by atoms with van der Waals surface area (Å²) in [5.41, 5.74) is 7.04. The van der Waals surface area contributed by atoms with Gasteiger partial charge in [-0.3, -0.25) is 4.68 Å². The Hall–Kier alpha value is -1.68. The number of nitrogens with two attached hydrogens (primary N) is 1. The van der Waals surface area contributed by atoms with Crippen molar-refractivity contribution >= 4 is 0 Å². The zero-order valence-electron chi connectivity index (χ0n) is 8.23. The van der Waals surface area contributed by atoms with Gasteiger partial charge in [0.2, 0.25) is 0 Å². The van der Waals surface area contributed by atoms with Gasteiger partial charge in [0.05, 0.1) is 6.54 Å². The Morgan fingerprint density at radius 1 is 1.40 bits per heavy atom. The average molecular weight is 205 g/mol. The van der Waals surface area contributed by atoms with E-state index in [1.807, 2.05) is 6.07 Å². The molecule has 0 aliphatic heterocycles. The molecule has 15 heavy (non-hydrogen) atoms. The van der Waals surface area contributed by atoms with E-state index in [2.05, 4.69) is 5.10 Å². The standard InChI is InChI=1S/C11H12FN3/c12-11-3-2-9(7-13)6-10(11)8-15-5-1-4-14-15/h1-6H,7-8,13H2. The molecule has 78 valence electrons. The molecule has 0 bridgehead atoms. The monoisotopic (exact) mass is 205 g/mol. The summed E-state index contributed by atoms with van der Waals surface area (Å²) in [7, 11) is 0. The van der Waals surface area contributed by atoms with Crippen molar-refractivity contribution in [2.75, 3.05) is 0 Å². The average Bonchev–Trinajstić information content (AvgIpc) is 2.74. The van der Waals surface area contributed by atoms with Crippen LogP contribution in [0.1, 0.15) is 11.1 Å². The molecule has 0 saturated carbocycles. The van der Waals surface area contributed by atoms with Crippen LogP contribution in [0.15, 0.2) is 36.7 Å². The summed E-state index contributed by atoms with van der Waals surface area (Å²) in [6.07, 6.45) is 3.47. The molecule has 0 radical (unpaired) electrons. The second-order valence-electron chi connectivity index (χ2n) is 3.33. The Bertz CT molecular complexity index is 437. The topological polar surface area (TPSA) is 43.8 Å². The van der Waals surface area contributed by atoms with Crippen molar-refractivity contribution in [2.24, 2.45) is 5.73 Å². The molecule has 0 aliphatic rings. The predicted molar refractivity (Wildman–Crippen MR) is 55.6 cm³/mol. The molecule has 1 aromatic carbocycles. The third-order valence-electron chi connectivity index (χ3n) is 2.24. The highest BCUT2D eigenvalue weighted by Crippen LogP contribution is 2.11. The largest absolute Gasteiger partial charge is 0.326 e. The van der Waals surface area contributed by atoms with Crippen LogP contribution in [0.25, 0.3) is 0 Å². The second kappa shape index (κ2) is 4.23. The number of rotatable bonds is 3. The number of nitrogens with zero attached hydrogens (tertiary/aromatic N) is 2. The molecule has 0 atom stereocenters. The molecule has 2 rings (SSSR count). The zero-order chi connectivity index (χ0) is 10.7. The maximum atomic E-state index is 13.4. The first kappa shape index (κ1) is 9.86. The summed E-state index contributed by atoms with van der Waals surface area (Å²) in [4.78, 5) is 0. The lowest BCUT2D eigenvalue weighted by Crippen LogP contribution is -2.04. The van der Waals surface area contributed by atoms with Crippen molar-refractivity contribution in [3.8, 4) is 0 Å². The van der Waals surface area contributed by atoms with Crippen molar-refractivity contribution in [2.45, 2.75) is 13.1 Å². The van der Waals surface area contributed by atoms with E-state index in [1.54, 1.807) is 29.2 Å². The number of hydrogen-bond donors (Lipinski definition) is 1. The number of hydrogen-bond acceptors (Lipinski definition) is 2. The quantitative estimate of drug-likeness (QED) is 0.825. The minimum absolute atomic E-state index is 0.220. The maximum absolute atomic E-state index is 13.4. The Balaban J connectivity index is 2.27. The number of halogens is 1. The zero-order valence-corrected chi connectivity index (χ0v) is 8.23. The van der Waals surface area contributed by atoms with Crippen LogP contribution in [0.3, 0.4) is 0 Å². The molecular formula is C11H12FN3. The van der Waals surface area contributed by atoms with E-state index < -0.39 is 0 Å². The van der Waals surface area contributed by atoms with Gasteiger partial charge in [0.1, 0.15) is 5.82 Å². The van der Waals surface area contributed by atoms with Crippen LogP contribution in [0.4, 0.5) is 4.39 Å². The number of aromatic nitrogens is 2. The van der Waals surface area contributed by atoms with Crippen molar-refractivity contribution < 1.29 is 4.39 Å². The molecule has 2 N–H and O–H groups in total. The fraction of sp³-hybridized carbons (Fsp3) is 0.182. The lowest BCUT2D eigenvalue weighted by Gasteiger charge is -2.05. The smallest absolute Gasteiger partial charge is 0.128 e. The molecule has 0 saturated heterocycles. The van der Waals surface area contributed by atoms with Crippen molar-refractivity contribution in [1.29, 1.82) is 0 Å². The summed E-state index contributed by atoms with van der Waals surface area (Å²) in [6, 6.07) is 6.73. The van der Waals surface area contributed by atoms with Gasteiger partial charge in [0.25, 0.3) is 0 Å². The Morgan fingerprint density at radius 3 is 2.93 bits per heavy atom. The molecule has 0 amide bonds. The fourth-order valence-corrected chi connectivity index (χ4v) is 1.44. The Labute approximate surface area is 87.3 Å². The third kappa shape index (κ3) is 2.22. The van der Waals surface area contributed by atoms with Crippen LogP contribution in [-0.2, 0) is 13.1 Å². The van der Waals surface area contributed by atoms with Gasteiger partial charge in [0, 0.05) is 24.5 Å². The Morgan fingerprint density at radius 2 is 2.27 bits per heavy atom. The summed E-state index contributed by atoms with van der Waals surface area (Å²) in [5, 5.41) is 4.03. The predicted octanol–water partition coefficient (Wildman–Crippen LogP) is 1.53.